The van der Waals surface area contributed by atoms with E-state index in [9.17, 15) is 10.2 Å². The molecule has 0 radical (unpaired) electrons. The lowest BCUT2D eigenvalue weighted by Gasteiger charge is -2.21. The summed E-state index contributed by atoms with van der Waals surface area (Å²) in [5, 5.41) is 24.0. The topological polar surface area (TPSA) is 91.4 Å². The zero-order valence-corrected chi connectivity index (χ0v) is 13.5. The first-order valence-electron chi connectivity index (χ1n) is 7.99. The predicted molar refractivity (Wildman–Crippen MR) is 95.5 cm³/mol. The monoisotopic (exact) mass is 335 g/mol. The average molecular weight is 335 g/mol. The smallest absolute Gasteiger partial charge is 0.196 e. The Morgan fingerprint density at radius 1 is 1.04 bits per heavy atom. The van der Waals surface area contributed by atoms with Gasteiger partial charge in [-0.3, -0.25) is 0 Å². The summed E-state index contributed by atoms with van der Waals surface area (Å²) in [7, 11) is 0. The van der Waals surface area contributed by atoms with E-state index in [2.05, 4.69) is 15.3 Å². The second-order valence-electron chi connectivity index (χ2n) is 5.97. The third kappa shape index (κ3) is 2.77. The van der Waals surface area contributed by atoms with Crippen LogP contribution in [0.1, 0.15) is 18.6 Å². The molecule has 0 aliphatic rings. The minimum absolute atomic E-state index is 0.163. The molecule has 25 heavy (non-hydrogen) atoms. The van der Waals surface area contributed by atoms with Gasteiger partial charge in [0.15, 0.2) is 11.4 Å². The van der Waals surface area contributed by atoms with Crippen LogP contribution in [0.25, 0.3) is 22.1 Å². The average Bonchev–Trinajstić information content (AvgIpc) is 3.01. The van der Waals surface area contributed by atoms with Gasteiger partial charge in [-0.2, -0.15) is 0 Å². The molecule has 0 aliphatic heterocycles. The fraction of sp³-hybridized carbons (Fsp3) is 0.158. The predicted octanol–water partition coefficient (Wildman–Crippen LogP) is 3.62. The van der Waals surface area contributed by atoms with Crippen molar-refractivity contribution < 1.29 is 14.6 Å². The van der Waals surface area contributed by atoms with Crippen molar-refractivity contribution in [3.8, 4) is 5.75 Å². The second kappa shape index (κ2) is 6.07. The highest BCUT2D eigenvalue weighted by Gasteiger charge is 2.20. The number of hydrogen-bond acceptors (Lipinski definition) is 6. The van der Waals surface area contributed by atoms with Crippen LogP contribution in [0.15, 0.2) is 59.3 Å². The zero-order valence-electron chi connectivity index (χ0n) is 13.5. The molecule has 0 bridgehead atoms. The Bertz CT molecular complexity index is 1030. The van der Waals surface area contributed by atoms with Gasteiger partial charge in [0.1, 0.15) is 23.2 Å². The highest BCUT2D eigenvalue weighted by molar-refractivity contribution is 6.05. The normalized spacial score (nSPS) is 13.8. The van der Waals surface area contributed by atoms with E-state index in [1.165, 1.54) is 6.33 Å². The maximum absolute atomic E-state index is 10.5. The van der Waals surface area contributed by atoms with Crippen LogP contribution in [-0.4, -0.2) is 26.2 Å². The molecule has 6 heteroatoms. The molecule has 0 fully saturated rings. The summed E-state index contributed by atoms with van der Waals surface area (Å²) < 4.78 is 5.88. The lowest BCUT2D eigenvalue weighted by Crippen LogP contribution is -2.24. The maximum Gasteiger partial charge on any atom is 0.196 e. The van der Waals surface area contributed by atoms with E-state index in [0.29, 0.717) is 17.0 Å². The van der Waals surface area contributed by atoms with E-state index in [1.807, 2.05) is 31.2 Å². The van der Waals surface area contributed by atoms with Crippen molar-refractivity contribution in [2.45, 2.75) is 19.1 Å². The standard InChI is InChI=1S/C19H17N3O3/c1-11(17(24)12-6-8-13(23)9-7-12)22-19-18-16(20-10-21-19)14-4-2-3-5-15(14)25-18/h2-11,17,23-24H,1H3,(H,20,21,22). The van der Waals surface area contributed by atoms with Gasteiger partial charge in [0, 0.05) is 5.39 Å². The van der Waals surface area contributed by atoms with Gasteiger partial charge < -0.3 is 19.9 Å². The molecule has 2 atom stereocenters. The number of benzene rings is 2. The quantitative estimate of drug-likeness (QED) is 0.528. The first-order chi connectivity index (χ1) is 12.1. The number of aromatic nitrogens is 2. The lowest BCUT2D eigenvalue weighted by atomic mass is 10.0. The molecule has 2 aromatic heterocycles. The van der Waals surface area contributed by atoms with Crippen LogP contribution in [0.5, 0.6) is 5.75 Å². The molecular formula is C19H17N3O3. The summed E-state index contributed by atoms with van der Waals surface area (Å²) in [6.45, 7) is 1.86. The number of rotatable bonds is 4. The number of hydrogen-bond donors (Lipinski definition) is 3. The van der Waals surface area contributed by atoms with Crippen LogP contribution in [0, 0.1) is 0 Å². The Balaban J connectivity index is 1.67. The molecule has 4 rings (SSSR count). The molecular weight excluding hydrogens is 318 g/mol. The first-order valence-corrected chi connectivity index (χ1v) is 7.99. The number of fused-ring (bicyclic) bond motifs is 3. The molecule has 0 saturated carbocycles. The van der Waals surface area contributed by atoms with E-state index in [-0.39, 0.29) is 11.8 Å². The van der Waals surface area contributed by atoms with Crippen LogP contribution in [0.4, 0.5) is 5.82 Å². The van der Waals surface area contributed by atoms with Crippen LogP contribution in [-0.2, 0) is 0 Å². The minimum atomic E-state index is -0.769. The van der Waals surface area contributed by atoms with Crippen molar-refractivity contribution in [3.63, 3.8) is 0 Å². The molecule has 0 saturated heterocycles. The number of furan rings is 1. The Labute approximate surface area is 143 Å². The van der Waals surface area contributed by atoms with Crippen molar-refractivity contribution in [2.24, 2.45) is 0 Å². The van der Waals surface area contributed by atoms with E-state index in [0.717, 1.165) is 16.5 Å². The molecule has 2 unspecified atom stereocenters. The molecule has 2 heterocycles. The van der Waals surface area contributed by atoms with Crippen LogP contribution >= 0.6 is 0 Å². The Hall–Kier alpha value is -3.12. The molecule has 6 nitrogen and oxygen atoms in total. The number of nitrogens with zero attached hydrogens (tertiary/aromatic N) is 2. The number of phenols is 1. The van der Waals surface area contributed by atoms with Crippen molar-refractivity contribution in [1.29, 1.82) is 0 Å². The zero-order chi connectivity index (χ0) is 17.4. The van der Waals surface area contributed by atoms with Crippen LogP contribution in [0.2, 0.25) is 0 Å². The fourth-order valence-corrected chi connectivity index (χ4v) is 2.88. The van der Waals surface area contributed by atoms with E-state index >= 15 is 0 Å². The number of para-hydroxylation sites is 1. The minimum Gasteiger partial charge on any atom is -0.508 e. The van der Waals surface area contributed by atoms with Gasteiger partial charge in [-0.15, -0.1) is 0 Å². The summed E-state index contributed by atoms with van der Waals surface area (Å²) in [5.41, 5.74) is 2.74. The SMILES string of the molecule is CC(Nc1ncnc2c1oc1ccccc12)C(O)c1ccc(O)cc1. The highest BCUT2D eigenvalue weighted by Crippen LogP contribution is 2.31. The first kappa shape index (κ1) is 15.4. The number of aliphatic hydroxyl groups excluding tert-OH is 1. The lowest BCUT2D eigenvalue weighted by molar-refractivity contribution is 0.160. The summed E-state index contributed by atoms with van der Waals surface area (Å²) in [6.07, 6.45) is 0.710. The Morgan fingerprint density at radius 2 is 1.80 bits per heavy atom. The van der Waals surface area contributed by atoms with Crippen molar-refractivity contribution in [2.75, 3.05) is 5.32 Å². The van der Waals surface area contributed by atoms with Crippen molar-refractivity contribution in [3.05, 3.63) is 60.4 Å². The summed E-state index contributed by atoms with van der Waals surface area (Å²) in [5.74, 6) is 0.697. The van der Waals surface area contributed by atoms with Crippen LogP contribution in [0.3, 0.4) is 0 Å². The third-order valence-corrected chi connectivity index (χ3v) is 4.23. The van der Waals surface area contributed by atoms with Crippen molar-refractivity contribution >= 4 is 27.9 Å². The van der Waals surface area contributed by atoms with E-state index in [4.69, 9.17) is 4.42 Å². The highest BCUT2D eigenvalue weighted by atomic mass is 16.3. The number of aliphatic hydroxyl groups is 1. The van der Waals surface area contributed by atoms with Gasteiger partial charge in [0.25, 0.3) is 0 Å². The van der Waals surface area contributed by atoms with Gasteiger partial charge >= 0.3 is 0 Å². The molecule has 126 valence electrons. The molecule has 3 N–H and O–H groups in total. The number of anilines is 1. The number of nitrogens with one attached hydrogen (secondary N) is 1. The van der Waals surface area contributed by atoms with Gasteiger partial charge in [-0.1, -0.05) is 24.3 Å². The van der Waals surface area contributed by atoms with Gasteiger partial charge in [0.2, 0.25) is 0 Å². The molecule has 2 aromatic carbocycles. The molecule has 0 spiro atoms. The molecule has 0 aliphatic carbocycles. The van der Waals surface area contributed by atoms with Gasteiger partial charge in [0.05, 0.1) is 12.1 Å². The summed E-state index contributed by atoms with van der Waals surface area (Å²) in [4.78, 5) is 8.58. The van der Waals surface area contributed by atoms with Gasteiger partial charge in [-0.05, 0) is 36.8 Å². The van der Waals surface area contributed by atoms with Crippen LogP contribution < -0.4 is 5.32 Å². The molecule has 4 aromatic rings. The Morgan fingerprint density at radius 3 is 2.60 bits per heavy atom. The third-order valence-electron chi connectivity index (χ3n) is 4.23. The van der Waals surface area contributed by atoms with Crippen molar-refractivity contribution in [1.82, 2.24) is 9.97 Å². The van der Waals surface area contributed by atoms with E-state index in [1.54, 1.807) is 24.3 Å². The second-order valence-corrected chi connectivity index (χ2v) is 5.97. The number of phenolic OH excluding ortho intramolecular Hbond substituents is 1. The maximum atomic E-state index is 10.5. The van der Waals surface area contributed by atoms with E-state index < -0.39 is 6.10 Å². The fourth-order valence-electron chi connectivity index (χ4n) is 2.88. The summed E-state index contributed by atoms with van der Waals surface area (Å²) in [6, 6.07) is 13.8. The largest absolute Gasteiger partial charge is 0.508 e. The summed E-state index contributed by atoms with van der Waals surface area (Å²) >= 11 is 0. The molecule has 0 amide bonds. The Kier molecular flexibility index (Phi) is 3.74. The number of aromatic hydroxyl groups is 1. The van der Waals surface area contributed by atoms with Gasteiger partial charge in [-0.25, -0.2) is 9.97 Å².